The Morgan fingerprint density at radius 3 is 2.64 bits per heavy atom. The first-order valence-electron chi connectivity index (χ1n) is 8.25. The summed E-state index contributed by atoms with van der Waals surface area (Å²) in [6.45, 7) is 6.24. The molecule has 136 valence electrons. The molecule has 0 aliphatic heterocycles. The highest BCUT2D eigenvalue weighted by Gasteiger charge is 2.36. The first-order chi connectivity index (χ1) is 11.8. The molecule has 1 aromatic carbocycles. The van der Waals surface area contributed by atoms with Crippen molar-refractivity contribution >= 4 is 11.6 Å². The van der Waals surface area contributed by atoms with E-state index in [9.17, 15) is 13.2 Å². The van der Waals surface area contributed by atoms with E-state index < -0.39 is 17.6 Å². The first-order valence-corrected chi connectivity index (χ1v) is 8.25. The number of anilines is 2. The SMILES string of the molecule is CCCCOc1nc(Nc2cccc(C(C)C)c2)ncc1C(F)(F)F. The van der Waals surface area contributed by atoms with Crippen molar-refractivity contribution in [2.75, 3.05) is 11.9 Å². The van der Waals surface area contributed by atoms with Gasteiger partial charge in [0.1, 0.15) is 5.56 Å². The van der Waals surface area contributed by atoms with E-state index in [1.54, 1.807) is 0 Å². The molecule has 4 nitrogen and oxygen atoms in total. The maximum Gasteiger partial charge on any atom is 0.423 e. The highest BCUT2D eigenvalue weighted by atomic mass is 19.4. The molecule has 2 rings (SSSR count). The third-order valence-electron chi connectivity index (χ3n) is 3.61. The lowest BCUT2D eigenvalue weighted by Crippen LogP contribution is -2.13. The zero-order chi connectivity index (χ0) is 18.4. The van der Waals surface area contributed by atoms with Crippen LogP contribution in [0.4, 0.5) is 24.8 Å². The maximum absolute atomic E-state index is 13.1. The Kier molecular flexibility index (Phi) is 6.22. The minimum Gasteiger partial charge on any atom is -0.477 e. The molecule has 2 aromatic rings. The van der Waals surface area contributed by atoms with E-state index in [1.165, 1.54) is 0 Å². The molecular formula is C18H22F3N3O. The fourth-order valence-corrected chi connectivity index (χ4v) is 2.15. The Balaban J connectivity index is 2.26. The molecule has 1 N–H and O–H groups in total. The number of unbranched alkanes of at least 4 members (excludes halogenated alkanes) is 1. The van der Waals surface area contributed by atoms with Gasteiger partial charge in [0.25, 0.3) is 0 Å². The van der Waals surface area contributed by atoms with Gasteiger partial charge >= 0.3 is 6.18 Å². The second kappa shape index (κ2) is 8.18. The number of hydrogen-bond acceptors (Lipinski definition) is 4. The van der Waals surface area contributed by atoms with E-state index >= 15 is 0 Å². The van der Waals surface area contributed by atoms with Crippen LogP contribution in [-0.4, -0.2) is 16.6 Å². The van der Waals surface area contributed by atoms with Gasteiger partial charge in [-0.3, -0.25) is 0 Å². The topological polar surface area (TPSA) is 47.0 Å². The van der Waals surface area contributed by atoms with Gasteiger partial charge in [0.15, 0.2) is 0 Å². The van der Waals surface area contributed by atoms with Gasteiger partial charge < -0.3 is 10.1 Å². The summed E-state index contributed by atoms with van der Waals surface area (Å²) >= 11 is 0. The number of hydrogen-bond donors (Lipinski definition) is 1. The molecule has 0 atom stereocenters. The second-order valence-electron chi connectivity index (χ2n) is 6.02. The molecule has 0 aliphatic rings. The summed E-state index contributed by atoms with van der Waals surface area (Å²) in [5.74, 6) is -0.0397. The molecule has 1 heterocycles. The van der Waals surface area contributed by atoms with Crippen LogP contribution >= 0.6 is 0 Å². The van der Waals surface area contributed by atoms with Crippen LogP contribution in [0.25, 0.3) is 0 Å². The third kappa shape index (κ3) is 5.34. The Labute approximate surface area is 145 Å². The Morgan fingerprint density at radius 2 is 2.00 bits per heavy atom. The molecule has 0 radical (unpaired) electrons. The van der Waals surface area contributed by atoms with Gasteiger partial charge in [0, 0.05) is 11.9 Å². The van der Waals surface area contributed by atoms with Crippen LogP contribution in [0.3, 0.4) is 0 Å². The monoisotopic (exact) mass is 353 g/mol. The fraction of sp³-hybridized carbons (Fsp3) is 0.444. The van der Waals surface area contributed by atoms with Crippen LogP contribution in [0.1, 0.15) is 50.7 Å². The van der Waals surface area contributed by atoms with Crippen molar-refractivity contribution in [1.82, 2.24) is 9.97 Å². The van der Waals surface area contributed by atoms with Crippen molar-refractivity contribution in [1.29, 1.82) is 0 Å². The number of nitrogens with zero attached hydrogens (tertiary/aromatic N) is 2. The fourth-order valence-electron chi connectivity index (χ4n) is 2.15. The smallest absolute Gasteiger partial charge is 0.423 e. The van der Waals surface area contributed by atoms with Gasteiger partial charge in [0.2, 0.25) is 11.8 Å². The molecule has 0 saturated heterocycles. The largest absolute Gasteiger partial charge is 0.477 e. The highest BCUT2D eigenvalue weighted by molar-refractivity contribution is 5.55. The summed E-state index contributed by atoms with van der Waals surface area (Å²) in [4.78, 5) is 7.70. The van der Waals surface area contributed by atoms with Gasteiger partial charge in [-0.1, -0.05) is 39.3 Å². The minimum absolute atomic E-state index is 0.0698. The Morgan fingerprint density at radius 1 is 1.24 bits per heavy atom. The van der Waals surface area contributed by atoms with Crippen molar-refractivity contribution in [2.45, 2.75) is 45.7 Å². The summed E-state index contributed by atoms with van der Waals surface area (Å²) in [6.07, 6.45) is -2.33. The molecule has 0 aliphatic carbocycles. The molecule has 25 heavy (non-hydrogen) atoms. The summed E-state index contributed by atoms with van der Waals surface area (Å²) < 4.78 is 44.5. The van der Waals surface area contributed by atoms with Crippen molar-refractivity contribution in [3.8, 4) is 5.88 Å². The Bertz CT molecular complexity index is 702. The average Bonchev–Trinajstić information content (AvgIpc) is 2.54. The van der Waals surface area contributed by atoms with Gasteiger partial charge in [-0.2, -0.15) is 18.2 Å². The van der Waals surface area contributed by atoms with E-state index in [4.69, 9.17) is 4.74 Å². The van der Waals surface area contributed by atoms with Crippen molar-refractivity contribution < 1.29 is 17.9 Å². The summed E-state index contributed by atoms with van der Waals surface area (Å²) in [5, 5.41) is 2.94. The minimum atomic E-state index is -4.56. The molecule has 0 amide bonds. The molecule has 7 heteroatoms. The lowest BCUT2D eigenvalue weighted by molar-refractivity contribution is -0.139. The first kappa shape index (κ1) is 19.0. The van der Waals surface area contributed by atoms with Crippen LogP contribution in [0, 0.1) is 0 Å². The normalized spacial score (nSPS) is 11.6. The molecule has 1 aromatic heterocycles. The average molecular weight is 353 g/mol. The molecule has 0 fully saturated rings. The predicted octanol–water partition coefficient (Wildman–Crippen LogP) is 5.54. The second-order valence-corrected chi connectivity index (χ2v) is 6.02. The number of nitrogens with one attached hydrogen (secondary N) is 1. The summed E-state index contributed by atoms with van der Waals surface area (Å²) in [7, 11) is 0. The number of alkyl halides is 3. The van der Waals surface area contributed by atoms with Gasteiger partial charge in [0.05, 0.1) is 6.61 Å². The van der Waals surface area contributed by atoms with Crippen LogP contribution in [0.2, 0.25) is 0 Å². The van der Waals surface area contributed by atoms with Gasteiger partial charge in [-0.25, -0.2) is 4.98 Å². The number of ether oxygens (including phenoxy) is 1. The Hall–Kier alpha value is -2.31. The third-order valence-corrected chi connectivity index (χ3v) is 3.61. The number of halogens is 3. The zero-order valence-corrected chi connectivity index (χ0v) is 14.5. The van der Waals surface area contributed by atoms with Gasteiger partial charge in [-0.05, 0) is 30.0 Å². The molecule has 0 saturated carbocycles. The summed E-state index contributed by atoms with van der Waals surface area (Å²) in [6, 6.07) is 7.59. The van der Waals surface area contributed by atoms with E-state index in [-0.39, 0.29) is 12.6 Å². The van der Waals surface area contributed by atoms with Crippen LogP contribution < -0.4 is 10.1 Å². The van der Waals surface area contributed by atoms with E-state index in [2.05, 4.69) is 29.1 Å². The van der Waals surface area contributed by atoms with Crippen LogP contribution in [0.15, 0.2) is 30.5 Å². The van der Waals surface area contributed by atoms with Crippen LogP contribution in [-0.2, 0) is 6.18 Å². The summed E-state index contributed by atoms with van der Waals surface area (Å²) in [5.41, 5.74) is 0.854. The van der Waals surface area contributed by atoms with Gasteiger partial charge in [-0.15, -0.1) is 0 Å². The quantitative estimate of drug-likeness (QED) is 0.664. The number of benzene rings is 1. The highest BCUT2D eigenvalue weighted by Crippen LogP contribution is 2.35. The predicted molar refractivity (Wildman–Crippen MR) is 91.3 cm³/mol. The lowest BCUT2D eigenvalue weighted by atomic mass is 10.0. The molecular weight excluding hydrogens is 331 g/mol. The van der Waals surface area contributed by atoms with E-state index in [0.717, 1.165) is 18.2 Å². The van der Waals surface area contributed by atoms with Crippen LogP contribution in [0.5, 0.6) is 5.88 Å². The van der Waals surface area contributed by atoms with Crippen molar-refractivity contribution in [3.63, 3.8) is 0 Å². The van der Waals surface area contributed by atoms with Crippen molar-refractivity contribution in [3.05, 3.63) is 41.6 Å². The lowest BCUT2D eigenvalue weighted by Gasteiger charge is -2.14. The zero-order valence-electron chi connectivity index (χ0n) is 14.5. The van der Waals surface area contributed by atoms with Crippen molar-refractivity contribution in [2.24, 2.45) is 0 Å². The molecule has 0 spiro atoms. The number of aromatic nitrogens is 2. The maximum atomic E-state index is 13.1. The standard InChI is InChI=1S/C18H22F3N3O/c1-4-5-9-25-16-15(18(19,20)21)11-22-17(24-16)23-14-8-6-7-13(10-14)12(2)3/h6-8,10-12H,4-5,9H2,1-3H3,(H,22,23,24). The van der Waals surface area contributed by atoms with E-state index in [1.807, 2.05) is 31.2 Å². The van der Waals surface area contributed by atoms with E-state index in [0.29, 0.717) is 18.0 Å². The molecule has 0 unspecified atom stereocenters. The molecule has 0 bridgehead atoms. The number of rotatable bonds is 7.